The molecule has 0 unspecified atom stereocenters. The highest BCUT2D eigenvalue weighted by Gasteiger charge is 2.13. The molecular weight excluding hydrogens is 353 g/mol. The van der Waals surface area contributed by atoms with E-state index in [1.54, 1.807) is 0 Å². The Morgan fingerprint density at radius 3 is 2.42 bits per heavy atom. The molecule has 0 fully saturated rings. The molecule has 3 rings (SSSR count). The van der Waals surface area contributed by atoms with Gasteiger partial charge in [0.15, 0.2) is 6.61 Å². The van der Waals surface area contributed by atoms with Gasteiger partial charge in [-0.2, -0.15) is 13.8 Å². The maximum atomic E-state index is 12.9. The van der Waals surface area contributed by atoms with Gasteiger partial charge in [0, 0.05) is 5.56 Å². The molecule has 0 bridgehead atoms. The second-order valence-corrected chi connectivity index (χ2v) is 5.00. The lowest BCUT2D eigenvalue weighted by Gasteiger charge is -2.05. The van der Waals surface area contributed by atoms with Crippen molar-refractivity contribution in [3.05, 3.63) is 65.8 Å². The number of aromatic nitrogens is 2. The number of halogens is 3. The van der Waals surface area contributed by atoms with Crippen LogP contribution in [0.5, 0.6) is 5.75 Å². The van der Waals surface area contributed by atoms with Crippen LogP contribution in [-0.2, 0) is 11.3 Å². The Balaban J connectivity index is 1.58. The summed E-state index contributed by atoms with van der Waals surface area (Å²) in [5, 5.41) is 3.72. The molecule has 0 spiro atoms. The van der Waals surface area contributed by atoms with Crippen LogP contribution in [0.1, 0.15) is 16.2 Å². The van der Waals surface area contributed by atoms with E-state index in [0.29, 0.717) is 5.56 Å². The van der Waals surface area contributed by atoms with Gasteiger partial charge < -0.3 is 14.0 Å². The molecule has 134 valence electrons. The summed E-state index contributed by atoms with van der Waals surface area (Å²) >= 11 is 0. The van der Waals surface area contributed by atoms with E-state index in [9.17, 15) is 18.0 Å². The van der Waals surface area contributed by atoms with Gasteiger partial charge in [-0.05, 0) is 48.5 Å². The summed E-state index contributed by atoms with van der Waals surface area (Å²) in [5.74, 6) is -0.885. The zero-order valence-corrected chi connectivity index (χ0v) is 13.1. The van der Waals surface area contributed by atoms with Crippen molar-refractivity contribution in [2.75, 3.05) is 0 Å². The van der Waals surface area contributed by atoms with Gasteiger partial charge >= 0.3 is 12.6 Å². The predicted molar refractivity (Wildman–Crippen MR) is 81.9 cm³/mol. The molecule has 2 aromatic carbocycles. The Kier molecular flexibility index (Phi) is 5.16. The van der Waals surface area contributed by atoms with E-state index in [1.807, 2.05) is 0 Å². The maximum Gasteiger partial charge on any atom is 0.387 e. The van der Waals surface area contributed by atoms with Crippen LogP contribution < -0.4 is 4.74 Å². The van der Waals surface area contributed by atoms with Crippen molar-refractivity contribution in [3.63, 3.8) is 0 Å². The number of hydrogen-bond donors (Lipinski definition) is 0. The summed E-state index contributed by atoms with van der Waals surface area (Å²) in [6.07, 6.45) is 0. The first-order valence-electron chi connectivity index (χ1n) is 7.32. The molecule has 0 radical (unpaired) electrons. The lowest BCUT2D eigenvalue weighted by atomic mass is 10.2. The number of benzene rings is 2. The molecule has 0 aliphatic rings. The Bertz CT molecular complexity index is 880. The van der Waals surface area contributed by atoms with Crippen molar-refractivity contribution in [2.45, 2.75) is 13.2 Å². The Hall–Kier alpha value is -3.36. The molecule has 0 aliphatic carbocycles. The average molecular weight is 364 g/mol. The number of alkyl halides is 2. The van der Waals surface area contributed by atoms with E-state index < -0.39 is 18.4 Å². The van der Waals surface area contributed by atoms with Crippen molar-refractivity contribution >= 4 is 5.97 Å². The molecule has 0 atom stereocenters. The van der Waals surface area contributed by atoms with E-state index in [4.69, 9.17) is 9.26 Å². The smallest absolute Gasteiger partial charge is 0.387 e. The molecular formula is C17H11F3N2O4. The number of esters is 1. The molecule has 0 saturated carbocycles. The molecule has 9 heteroatoms. The second-order valence-electron chi connectivity index (χ2n) is 5.00. The second kappa shape index (κ2) is 7.68. The van der Waals surface area contributed by atoms with E-state index in [-0.39, 0.29) is 29.6 Å². The van der Waals surface area contributed by atoms with Crippen LogP contribution in [0.2, 0.25) is 0 Å². The fourth-order valence-corrected chi connectivity index (χ4v) is 2.01. The Morgan fingerprint density at radius 2 is 1.77 bits per heavy atom. The first-order chi connectivity index (χ1) is 12.5. The van der Waals surface area contributed by atoms with Crippen molar-refractivity contribution in [3.8, 4) is 17.1 Å². The highest BCUT2D eigenvalue weighted by Crippen LogP contribution is 2.18. The van der Waals surface area contributed by atoms with E-state index in [1.165, 1.54) is 48.5 Å². The molecule has 0 aliphatic heterocycles. The van der Waals surface area contributed by atoms with Gasteiger partial charge in [-0.15, -0.1) is 0 Å². The zero-order chi connectivity index (χ0) is 18.5. The van der Waals surface area contributed by atoms with E-state index in [0.717, 1.165) is 0 Å². The zero-order valence-electron chi connectivity index (χ0n) is 13.1. The van der Waals surface area contributed by atoms with Crippen LogP contribution in [0.15, 0.2) is 53.1 Å². The predicted octanol–water partition coefficient (Wildman–Crippen LogP) is 3.83. The van der Waals surface area contributed by atoms with Crippen LogP contribution in [0, 0.1) is 5.82 Å². The quantitative estimate of drug-likeness (QED) is 0.619. The summed E-state index contributed by atoms with van der Waals surface area (Å²) in [5.41, 5.74) is 0.687. The van der Waals surface area contributed by atoms with Crippen LogP contribution >= 0.6 is 0 Å². The minimum absolute atomic E-state index is 0.0512. The highest BCUT2D eigenvalue weighted by molar-refractivity contribution is 5.89. The molecule has 1 aromatic heterocycles. The third-order valence-electron chi connectivity index (χ3n) is 3.21. The van der Waals surface area contributed by atoms with Crippen LogP contribution in [0.25, 0.3) is 11.4 Å². The monoisotopic (exact) mass is 364 g/mol. The van der Waals surface area contributed by atoms with Gasteiger partial charge in [0.05, 0.1) is 5.56 Å². The van der Waals surface area contributed by atoms with Gasteiger partial charge in [-0.25, -0.2) is 9.18 Å². The molecule has 0 amide bonds. The molecule has 26 heavy (non-hydrogen) atoms. The fourth-order valence-electron chi connectivity index (χ4n) is 2.01. The lowest BCUT2D eigenvalue weighted by molar-refractivity contribution is -0.0498. The Morgan fingerprint density at radius 1 is 1.08 bits per heavy atom. The summed E-state index contributed by atoms with van der Waals surface area (Å²) in [6.45, 7) is -3.22. The van der Waals surface area contributed by atoms with Crippen LogP contribution in [0.3, 0.4) is 0 Å². The van der Waals surface area contributed by atoms with Crippen molar-refractivity contribution < 1.29 is 32.0 Å². The fraction of sp³-hybridized carbons (Fsp3) is 0.118. The average Bonchev–Trinajstić information content (AvgIpc) is 3.09. The topological polar surface area (TPSA) is 74.5 Å². The molecule has 0 N–H and O–H groups in total. The van der Waals surface area contributed by atoms with Gasteiger partial charge in [-0.3, -0.25) is 0 Å². The minimum Gasteiger partial charge on any atom is -0.452 e. The van der Waals surface area contributed by atoms with Gasteiger partial charge in [0.2, 0.25) is 5.82 Å². The summed E-state index contributed by atoms with van der Waals surface area (Å²) in [6, 6.07) is 10.5. The number of carbonyl (C=O) groups is 1. The van der Waals surface area contributed by atoms with Gasteiger partial charge in [0.25, 0.3) is 5.89 Å². The molecule has 0 saturated heterocycles. The van der Waals surface area contributed by atoms with Crippen molar-refractivity contribution in [2.24, 2.45) is 0 Å². The molecule has 6 nitrogen and oxygen atoms in total. The van der Waals surface area contributed by atoms with Crippen LogP contribution in [0.4, 0.5) is 13.2 Å². The van der Waals surface area contributed by atoms with E-state index in [2.05, 4.69) is 14.9 Å². The van der Waals surface area contributed by atoms with Gasteiger partial charge in [-0.1, -0.05) is 5.16 Å². The van der Waals surface area contributed by atoms with Crippen molar-refractivity contribution in [1.29, 1.82) is 0 Å². The number of ether oxygens (including phenoxy) is 2. The SMILES string of the molecule is O=C(OCc1nc(-c2ccc(F)cc2)no1)c1ccc(OC(F)F)cc1. The van der Waals surface area contributed by atoms with Crippen LogP contribution in [-0.4, -0.2) is 22.7 Å². The Labute approximate surface area is 145 Å². The van der Waals surface area contributed by atoms with Crippen molar-refractivity contribution in [1.82, 2.24) is 10.1 Å². The highest BCUT2D eigenvalue weighted by atomic mass is 19.3. The lowest BCUT2D eigenvalue weighted by Crippen LogP contribution is -2.06. The number of rotatable bonds is 6. The number of carbonyl (C=O) groups excluding carboxylic acids is 1. The third kappa shape index (κ3) is 4.38. The standard InChI is InChI=1S/C17H11F3N2O4/c18-12-5-1-10(2-6-12)15-21-14(26-22-15)9-24-16(23)11-3-7-13(8-4-11)25-17(19)20/h1-8,17H,9H2. The first kappa shape index (κ1) is 17.5. The largest absolute Gasteiger partial charge is 0.452 e. The maximum absolute atomic E-state index is 12.9. The summed E-state index contributed by atoms with van der Waals surface area (Å²) < 4.78 is 51.2. The number of hydrogen-bond acceptors (Lipinski definition) is 6. The molecule has 3 aromatic rings. The minimum atomic E-state index is -2.94. The third-order valence-corrected chi connectivity index (χ3v) is 3.21. The van der Waals surface area contributed by atoms with E-state index >= 15 is 0 Å². The summed E-state index contributed by atoms with van der Waals surface area (Å²) in [7, 11) is 0. The van der Waals surface area contributed by atoms with Gasteiger partial charge in [0.1, 0.15) is 11.6 Å². The molecule has 1 heterocycles. The number of nitrogens with zero attached hydrogens (tertiary/aromatic N) is 2. The summed E-state index contributed by atoms with van der Waals surface area (Å²) in [4.78, 5) is 16.0. The normalized spacial score (nSPS) is 10.8. The first-order valence-corrected chi connectivity index (χ1v) is 7.32.